The number of para-hydroxylation sites is 1. The second kappa shape index (κ2) is 7.87. The average molecular weight is 408 g/mol. The molecule has 144 valence electrons. The number of anilines is 2. The van der Waals surface area contributed by atoms with Crippen molar-refractivity contribution in [1.29, 1.82) is 0 Å². The van der Waals surface area contributed by atoms with Crippen LogP contribution in [0.5, 0.6) is 5.75 Å². The standard InChI is InChI=1S/C20H23Cl2N3O2/c1-20(2,27-15-8-6-14(21)7-9-15)19(26)25-12-10-24(11-13-25)18-16(22)4-3-5-17(18)23/h3-9H,10-13,23H2,1-2H3. The van der Waals surface area contributed by atoms with E-state index in [-0.39, 0.29) is 5.91 Å². The van der Waals surface area contributed by atoms with Crippen LogP contribution in [-0.2, 0) is 4.79 Å². The summed E-state index contributed by atoms with van der Waals surface area (Å²) in [6.45, 7) is 6.05. The van der Waals surface area contributed by atoms with Gasteiger partial charge in [0.1, 0.15) is 5.75 Å². The summed E-state index contributed by atoms with van der Waals surface area (Å²) in [5, 5.41) is 1.25. The number of hydrogen-bond donors (Lipinski definition) is 1. The smallest absolute Gasteiger partial charge is 0.266 e. The number of carbonyl (C=O) groups is 1. The quantitative estimate of drug-likeness (QED) is 0.775. The van der Waals surface area contributed by atoms with Crippen molar-refractivity contribution in [2.75, 3.05) is 36.8 Å². The number of hydrogen-bond acceptors (Lipinski definition) is 4. The first-order chi connectivity index (χ1) is 12.8. The molecule has 0 saturated carbocycles. The lowest BCUT2D eigenvalue weighted by atomic mass is 10.1. The van der Waals surface area contributed by atoms with Crippen molar-refractivity contribution in [3.63, 3.8) is 0 Å². The summed E-state index contributed by atoms with van der Waals surface area (Å²) >= 11 is 12.2. The van der Waals surface area contributed by atoms with Gasteiger partial charge in [0, 0.05) is 31.2 Å². The molecule has 2 aromatic rings. The van der Waals surface area contributed by atoms with Crippen LogP contribution in [0, 0.1) is 0 Å². The van der Waals surface area contributed by atoms with Crippen molar-refractivity contribution in [3.05, 3.63) is 52.5 Å². The van der Waals surface area contributed by atoms with E-state index in [9.17, 15) is 4.79 Å². The summed E-state index contributed by atoms with van der Waals surface area (Å²) in [6, 6.07) is 12.5. The molecule has 5 nitrogen and oxygen atoms in total. The van der Waals surface area contributed by atoms with Crippen molar-refractivity contribution < 1.29 is 9.53 Å². The van der Waals surface area contributed by atoms with Gasteiger partial charge >= 0.3 is 0 Å². The Morgan fingerprint density at radius 2 is 1.67 bits per heavy atom. The summed E-state index contributed by atoms with van der Waals surface area (Å²) in [5.74, 6) is 0.560. The van der Waals surface area contributed by atoms with Gasteiger partial charge in [0.15, 0.2) is 5.60 Å². The average Bonchev–Trinajstić information content (AvgIpc) is 2.63. The molecule has 3 rings (SSSR count). The van der Waals surface area contributed by atoms with Crippen LogP contribution in [0.1, 0.15) is 13.8 Å². The fourth-order valence-corrected chi connectivity index (χ4v) is 3.65. The molecule has 1 heterocycles. The zero-order chi connectivity index (χ0) is 19.6. The van der Waals surface area contributed by atoms with Gasteiger partial charge in [-0.1, -0.05) is 29.3 Å². The normalized spacial score (nSPS) is 15.0. The first-order valence-corrected chi connectivity index (χ1v) is 9.56. The van der Waals surface area contributed by atoms with E-state index in [1.165, 1.54) is 0 Å². The Morgan fingerprint density at radius 3 is 2.26 bits per heavy atom. The van der Waals surface area contributed by atoms with Crippen LogP contribution in [0.2, 0.25) is 10.0 Å². The molecule has 0 unspecified atom stereocenters. The molecule has 1 fully saturated rings. The van der Waals surface area contributed by atoms with Crippen LogP contribution >= 0.6 is 23.2 Å². The van der Waals surface area contributed by atoms with Gasteiger partial charge in [0.05, 0.1) is 16.4 Å². The third kappa shape index (κ3) is 4.42. The van der Waals surface area contributed by atoms with Gasteiger partial charge in [0.2, 0.25) is 0 Å². The first kappa shape index (κ1) is 19.6. The lowest BCUT2D eigenvalue weighted by Gasteiger charge is -2.40. The predicted octanol–water partition coefficient (Wildman–Crippen LogP) is 4.08. The number of ether oxygens (including phenoxy) is 1. The minimum atomic E-state index is -0.973. The highest BCUT2D eigenvalue weighted by Crippen LogP contribution is 2.32. The van der Waals surface area contributed by atoms with Gasteiger partial charge in [-0.3, -0.25) is 4.79 Å². The predicted molar refractivity (Wildman–Crippen MR) is 111 cm³/mol. The largest absolute Gasteiger partial charge is 0.478 e. The molecular weight excluding hydrogens is 385 g/mol. The molecule has 1 saturated heterocycles. The monoisotopic (exact) mass is 407 g/mol. The number of rotatable bonds is 4. The lowest BCUT2D eigenvalue weighted by Crippen LogP contribution is -2.56. The third-order valence-electron chi connectivity index (χ3n) is 4.60. The van der Waals surface area contributed by atoms with E-state index in [1.54, 1.807) is 38.1 Å². The van der Waals surface area contributed by atoms with E-state index < -0.39 is 5.60 Å². The van der Waals surface area contributed by atoms with Crippen molar-refractivity contribution in [3.8, 4) is 5.75 Å². The fourth-order valence-electron chi connectivity index (χ4n) is 3.22. The Hall–Kier alpha value is -2.11. The Morgan fingerprint density at radius 1 is 1.04 bits per heavy atom. The minimum absolute atomic E-state index is 0.0516. The summed E-state index contributed by atoms with van der Waals surface area (Å²) in [6.07, 6.45) is 0. The molecule has 0 aromatic heterocycles. The number of halogens is 2. The second-order valence-corrected chi connectivity index (χ2v) is 7.87. The molecule has 0 bridgehead atoms. The zero-order valence-electron chi connectivity index (χ0n) is 15.4. The zero-order valence-corrected chi connectivity index (χ0v) is 16.9. The number of piperazine rings is 1. The number of nitrogen functional groups attached to an aromatic ring is 1. The Labute approximate surface area is 169 Å². The number of carbonyl (C=O) groups excluding carboxylic acids is 1. The number of nitrogens with zero attached hydrogens (tertiary/aromatic N) is 2. The van der Waals surface area contributed by atoms with Crippen molar-refractivity contribution in [1.82, 2.24) is 4.90 Å². The first-order valence-electron chi connectivity index (χ1n) is 8.81. The van der Waals surface area contributed by atoms with E-state index >= 15 is 0 Å². The van der Waals surface area contributed by atoms with E-state index in [4.69, 9.17) is 33.7 Å². The molecule has 2 aromatic carbocycles. The maximum atomic E-state index is 13.0. The van der Waals surface area contributed by atoms with E-state index in [2.05, 4.69) is 4.90 Å². The molecule has 0 radical (unpaired) electrons. The second-order valence-electron chi connectivity index (χ2n) is 7.02. The minimum Gasteiger partial charge on any atom is -0.478 e. The summed E-state index contributed by atoms with van der Waals surface area (Å²) in [7, 11) is 0. The highest BCUT2D eigenvalue weighted by atomic mass is 35.5. The summed E-state index contributed by atoms with van der Waals surface area (Å²) < 4.78 is 5.92. The van der Waals surface area contributed by atoms with Gasteiger partial charge in [-0.05, 0) is 50.2 Å². The van der Waals surface area contributed by atoms with Crippen LogP contribution in [0.3, 0.4) is 0 Å². The van der Waals surface area contributed by atoms with Gasteiger partial charge in [-0.2, -0.15) is 0 Å². The number of amides is 1. The summed E-state index contributed by atoms with van der Waals surface area (Å²) in [5.41, 5.74) is 6.59. The molecule has 1 aliphatic heterocycles. The van der Waals surface area contributed by atoms with E-state index in [1.807, 2.05) is 23.1 Å². The molecule has 1 aliphatic rings. The Kier molecular flexibility index (Phi) is 5.72. The topological polar surface area (TPSA) is 58.8 Å². The molecule has 1 amide bonds. The molecular formula is C20H23Cl2N3O2. The van der Waals surface area contributed by atoms with Gasteiger partial charge < -0.3 is 20.3 Å². The maximum absolute atomic E-state index is 13.0. The van der Waals surface area contributed by atoms with Crippen LogP contribution in [0.15, 0.2) is 42.5 Å². The van der Waals surface area contributed by atoms with Crippen LogP contribution in [-0.4, -0.2) is 42.6 Å². The van der Waals surface area contributed by atoms with Crippen LogP contribution in [0.4, 0.5) is 11.4 Å². The molecule has 2 N–H and O–H groups in total. The molecule has 27 heavy (non-hydrogen) atoms. The van der Waals surface area contributed by atoms with Crippen LogP contribution in [0.25, 0.3) is 0 Å². The number of nitrogens with two attached hydrogens (primary N) is 1. The third-order valence-corrected chi connectivity index (χ3v) is 5.16. The Bertz CT molecular complexity index is 796. The summed E-state index contributed by atoms with van der Waals surface area (Å²) in [4.78, 5) is 16.9. The van der Waals surface area contributed by atoms with Crippen LogP contribution < -0.4 is 15.4 Å². The lowest BCUT2D eigenvalue weighted by molar-refractivity contribution is -0.145. The highest BCUT2D eigenvalue weighted by molar-refractivity contribution is 6.34. The van der Waals surface area contributed by atoms with Crippen molar-refractivity contribution in [2.24, 2.45) is 0 Å². The number of benzene rings is 2. The molecule has 0 aliphatic carbocycles. The van der Waals surface area contributed by atoms with Gasteiger partial charge in [-0.15, -0.1) is 0 Å². The molecule has 0 spiro atoms. The van der Waals surface area contributed by atoms with E-state index in [0.717, 1.165) is 5.69 Å². The molecule has 7 heteroatoms. The fraction of sp³-hybridized carbons (Fsp3) is 0.350. The Balaban J connectivity index is 1.64. The molecule has 0 atom stereocenters. The highest BCUT2D eigenvalue weighted by Gasteiger charge is 2.36. The van der Waals surface area contributed by atoms with Gasteiger partial charge in [-0.25, -0.2) is 0 Å². The maximum Gasteiger partial charge on any atom is 0.266 e. The SMILES string of the molecule is CC(C)(Oc1ccc(Cl)cc1)C(=O)N1CCN(c2c(N)cccc2Cl)CC1. The van der Waals surface area contributed by atoms with Gasteiger partial charge in [0.25, 0.3) is 5.91 Å². The van der Waals surface area contributed by atoms with E-state index in [0.29, 0.717) is 47.7 Å². The van der Waals surface area contributed by atoms with Crippen molar-refractivity contribution in [2.45, 2.75) is 19.4 Å². The van der Waals surface area contributed by atoms with Crippen molar-refractivity contribution >= 4 is 40.5 Å².